The third kappa shape index (κ3) is 6.32. The van der Waals surface area contributed by atoms with Crippen LogP contribution in [0, 0.1) is 0 Å². The SMILES string of the molecule is CCOc1ccc(OCC(=O)N(CCN(C)C)c2nc3ccc(OCC)cc3s2)cc1. The monoisotopic (exact) mass is 443 g/mol. The van der Waals surface area contributed by atoms with E-state index in [1.807, 2.05) is 63.2 Å². The van der Waals surface area contributed by atoms with E-state index in [1.165, 1.54) is 11.3 Å². The van der Waals surface area contributed by atoms with Crippen LogP contribution in [-0.2, 0) is 4.79 Å². The highest BCUT2D eigenvalue weighted by atomic mass is 32.1. The summed E-state index contributed by atoms with van der Waals surface area (Å²) >= 11 is 1.48. The molecule has 0 saturated carbocycles. The summed E-state index contributed by atoms with van der Waals surface area (Å²) in [5.74, 6) is 2.06. The van der Waals surface area contributed by atoms with E-state index in [9.17, 15) is 4.79 Å². The molecule has 1 aromatic heterocycles. The second-order valence-corrected chi connectivity index (χ2v) is 8.11. The lowest BCUT2D eigenvalue weighted by molar-refractivity contribution is -0.120. The number of benzene rings is 2. The number of nitrogens with zero attached hydrogens (tertiary/aromatic N) is 3. The molecule has 0 N–H and O–H groups in total. The fourth-order valence-electron chi connectivity index (χ4n) is 2.91. The number of hydrogen-bond acceptors (Lipinski definition) is 7. The number of likely N-dealkylation sites (N-methyl/N-ethyl adjacent to an activating group) is 1. The van der Waals surface area contributed by atoms with Gasteiger partial charge in [0.05, 0.1) is 23.4 Å². The lowest BCUT2D eigenvalue weighted by Crippen LogP contribution is -2.39. The van der Waals surface area contributed by atoms with Crippen LogP contribution in [0.25, 0.3) is 10.2 Å². The van der Waals surface area contributed by atoms with Gasteiger partial charge >= 0.3 is 0 Å². The van der Waals surface area contributed by atoms with Crippen LogP contribution < -0.4 is 19.1 Å². The van der Waals surface area contributed by atoms with Crippen LogP contribution in [-0.4, -0.2) is 62.8 Å². The quantitative estimate of drug-likeness (QED) is 0.445. The van der Waals surface area contributed by atoms with Crippen molar-refractivity contribution in [3.63, 3.8) is 0 Å². The number of ether oxygens (including phenoxy) is 3. The van der Waals surface area contributed by atoms with E-state index >= 15 is 0 Å². The van der Waals surface area contributed by atoms with Crippen molar-refractivity contribution >= 4 is 32.6 Å². The van der Waals surface area contributed by atoms with Gasteiger partial charge in [-0.15, -0.1) is 0 Å². The van der Waals surface area contributed by atoms with Gasteiger partial charge in [-0.05, 0) is 70.4 Å². The molecule has 2 aromatic carbocycles. The first-order valence-electron chi connectivity index (χ1n) is 10.3. The smallest absolute Gasteiger partial charge is 0.266 e. The van der Waals surface area contributed by atoms with Gasteiger partial charge < -0.3 is 19.1 Å². The Morgan fingerprint density at radius 1 is 0.903 bits per heavy atom. The molecular weight excluding hydrogens is 414 g/mol. The highest BCUT2D eigenvalue weighted by Crippen LogP contribution is 2.31. The number of anilines is 1. The van der Waals surface area contributed by atoms with Crippen molar-refractivity contribution in [1.29, 1.82) is 0 Å². The molecule has 31 heavy (non-hydrogen) atoms. The highest BCUT2D eigenvalue weighted by Gasteiger charge is 2.21. The molecule has 0 aliphatic carbocycles. The Labute approximate surface area is 187 Å². The molecule has 1 heterocycles. The number of carbonyl (C=O) groups is 1. The largest absolute Gasteiger partial charge is 0.494 e. The molecule has 1 amide bonds. The molecule has 166 valence electrons. The van der Waals surface area contributed by atoms with Gasteiger partial charge in [0, 0.05) is 13.1 Å². The van der Waals surface area contributed by atoms with E-state index in [0.29, 0.717) is 30.6 Å². The number of hydrogen-bond donors (Lipinski definition) is 0. The molecule has 0 unspecified atom stereocenters. The van der Waals surface area contributed by atoms with Gasteiger partial charge in [0.2, 0.25) is 0 Å². The van der Waals surface area contributed by atoms with Crippen LogP contribution in [0.5, 0.6) is 17.2 Å². The Kier molecular flexibility index (Phi) is 8.08. The molecular formula is C23H29N3O4S. The Balaban J connectivity index is 1.74. The number of thiazole rings is 1. The van der Waals surface area contributed by atoms with Crippen LogP contribution in [0.2, 0.25) is 0 Å². The van der Waals surface area contributed by atoms with Crippen molar-refractivity contribution in [2.24, 2.45) is 0 Å². The maximum absolute atomic E-state index is 13.0. The van der Waals surface area contributed by atoms with Crippen molar-refractivity contribution in [2.75, 3.05) is 51.9 Å². The topological polar surface area (TPSA) is 64.1 Å². The van der Waals surface area contributed by atoms with E-state index in [1.54, 1.807) is 17.0 Å². The molecule has 0 aliphatic rings. The maximum atomic E-state index is 13.0. The zero-order chi connectivity index (χ0) is 22.2. The van der Waals surface area contributed by atoms with Gasteiger partial charge in [-0.3, -0.25) is 9.69 Å². The van der Waals surface area contributed by atoms with Crippen LogP contribution in [0.15, 0.2) is 42.5 Å². The molecule has 0 aliphatic heterocycles. The summed E-state index contributed by atoms with van der Waals surface area (Å²) in [6, 6.07) is 13.0. The molecule has 3 rings (SSSR count). The Bertz CT molecular complexity index is 988. The van der Waals surface area contributed by atoms with Crippen LogP contribution in [0.4, 0.5) is 5.13 Å². The Hall–Kier alpha value is -2.84. The average Bonchev–Trinajstić information content (AvgIpc) is 3.16. The van der Waals surface area contributed by atoms with Gasteiger partial charge in [0.25, 0.3) is 5.91 Å². The number of carbonyl (C=O) groups excluding carboxylic acids is 1. The van der Waals surface area contributed by atoms with Crippen LogP contribution in [0.3, 0.4) is 0 Å². The number of amides is 1. The second kappa shape index (κ2) is 11.0. The molecule has 7 nitrogen and oxygen atoms in total. The summed E-state index contributed by atoms with van der Waals surface area (Å²) in [6.45, 7) is 6.27. The summed E-state index contributed by atoms with van der Waals surface area (Å²) in [6.07, 6.45) is 0. The molecule has 8 heteroatoms. The highest BCUT2D eigenvalue weighted by molar-refractivity contribution is 7.22. The van der Waals surface area contributed by atoms with Crippen molar-refractivity contribution in [1.82, 2.24) is 9.88 Å². The minimum Gasteiger partial charge on any atom is -0.494 e. The molecule has 0 saturated heterocycles. The Morgan fingerprint density at radius 2 is 1.52 bits per heavy atom. The normalized spacial score (nSPS) is 11.0. The minimum absolute atomic E-state index is 0.0679. The predicted octanol–water partition coefficient (Wildman–Crippen LogP) is 4.07. The van der Waals surface area contributed by atoms with Gasteiger partial charge in [-0.25, -0.2) is 4.98 Å². The fourth-order valence-corrected chi connectivity index (χ4v) is 3.95. The maximum Gasteiger partial charge on any atom is 0.266 e. The van der Waals surface area contributed by atoms with Crippen LogP contribution >= 0.6 is 11.3 Å². The average molecular weight is 444 g/mol. The Morgan fingerprint density at radius 3 is 2.16 bits per heavy atom. The van der Waals surface area contributed by atoms with E-state index in [2.05, 4.69) is 4.98 Å². The molecule has 0 spiro atoms. The van der Waals surface area contributed by atoms with Crippen molar-refractivity contribution in [2.45, 2.75) is 13.8 Å². The third-order valence-electron chi connectivity index (χ3n) is 4.46. The van der Waals surface area contributed by atoms with Gasteiger partial charge in [-0.2, -0.15) is 0 Å². The zero-order valence-corrected chi connectivity index (χ0v) is 19.3. The molecule has 0 bridgehead atoms. The van der Waals surface area contributed by atoms with Crippen molar-refractivity contribution in [3.8, 4) is 17.2 Å². The van der Waals surface area contributed by atoms with Crippen LogP contribution in [0.1, 0.15) is 13.8 Å². The third-order valence-corrected chi connectivity index (χ3v) is 5.50. The number of rotatable bonds is 11. The first-order chi connectivity index (χ1) is 15.0. The number of fused-ring (bicyclic) bond motifs is 1. The summed E-state index contributed by atoms with van der Waals surface area (Å²) in [5.41, 5.74) is 0.846. The predicted molar refractivity (Wildman–Crippen MR) is 125 cm³/mol. The van der Waals surface area contributed by atoms with E-state index in [-0.39, 0.29) is 12.5 Å². The number of aromatic nitrogens is 1. The van der Waals surface area contributed by atoms with Gasteiger partial charge in [0.15, 0.2) is 11.7 Å². The zero-order valence-electron chi connectivity index (χ0n) is 18.5. The first-order valence-corrected chi connectivity index (χ1v) is 11.2. The summed E-state index contributed by atoms with van der Waals surface area (Å²) in [5, 5.41) is 0.658. The van der Waals surface area contributed by atoms with E-state index < -0.39 is 0 Å². The standard InChI is InChI=1S/C23H29N3O4S/c1-5-28-17-7-9-18(10-8-17)30-16-22(27)26(14-13-25(3)4)23-24-20-12-11-19(29-6-2)15-21(20)31-23/h7-12,15H,5-6,13-14,16H2,1-4H3. The van der Waals surface area contributed by atoms with Crippen molar-refractivity contribution < 1.29 is 19.0 Å². The molecule has 0 radical (unpaired) electrons. The lowest BCUT2D eigenvalue weighted by Gasteiger charge is -2.22. The molecule has 0 atom stereocenters. The second-order valence-electron chi connectivity index (χ2n) is 7.10. The fraction of sp³-hybridized carbons (Fsp3) is 0.391. The lowest BCUT2D eigenvalue weighted by atomic mass is 10.3. The minimum atomic E-state index is -0.139. The molecule has 3 aromatic rings. The summed E-state index contributed by atoms with van der Waals surface area (Å²) in [7, 11) is 3.96. The molecule has 0 fully saturated rings. The van der Waals surface area contributed by atoms with E-state index in [0.717, 1.165) is 28.3 Å². The first kappa shape index (κ1) is 22.8. The van der Waals surface area contributed by atoms with Gasteiger partial charge in [0.1, 0.15) is 17.2 Å². The van der Waals surface area contributed by atoms with Gasteiger partial charge in [-0.1, -0.05) is 11.3 Å². The van der Waals surface area contributed by atoms with E-state index in [4.69, 9.17) is 14.2 Å². The van der Waals surface area contributed by atoms with Crippen molar-refractivity contribution in [3.05, 3.63) is 42.5 Å². The summed E-state index contributed by atoms with van der Waals surface area (Å²) in [4.78, 5) is 21.5. The summed E-state index contributed by atoms with van der Waals surface area (Å²) < 4.78 is 17.7.